The fraction of sp³-hybridized carbons (Fsp3) is 0.556. The number of nitrogens with two attached hydrogens (primary N) is 1. The number of ether oxygens (including phenoxy) is 1. The van der Waals surface area contributed by atoms with Crippen LogP contribution in [0.5, 0.6) is 0 Å². The molecule has 4 amide bonds. The van der Waals surface area contributed by atoms with Crippen molar-refractivity contribution in [3.05, 3.63) is 42.0 Å². The Labute approximate surface area is 213 Å². The third-order valence-corrected chi connectivity index (χ3v) is 5.68. The smallest absolute Gasteiger partial charge is 0.408 e. The highest BCUT2D eigenvalue weighted by atomic mass is 16.6. The van der Waals surface area contributed by atoms with Crippen LogP contribution in [-0.4, -0.2) is 52.9 Å². The second-order valence-corrected chi connectivity index (χ2v) is 10.1. The molecule has 2 atom stereocenters. The zero-order chi connectivity index (χ0) is 26.9. The molecule has 0 aliphatic heterocycles. The molecule has 1 saturated carbocycles. The van der Waals surface area contributed by atoms with Gasteiger partial charge in [0, 0.05) is 19.0 Å². The first-order valence-corrected chi connectivity index (χ1v) is 12.6. The molecule has 1 aliphatic rings. The average molecular weight is 501 g/mol. The highest BCUT2D eigenvalue weighted by Crippen LogP contribution is 2.36. The lowest BCUT2D eigenvalue weighted by molar-refractivity contribution is -0.143. The van der Waals surface area contributed by atoms with Gasteiger partial charge in [0.1, 0.15) is 17.7 Å². The maximum Gasteiger partial charge on any atom is 0.408 e. The lowest BCUT2D eigenvalue weighted by Gasteiger charge is -2.34. The van der Waals surface area contributed by atoms with E-state index in [4.69, 9.17) is 10.5 Å². The third-order valence-electron chi connectivity index (χ3n) is 5.68. The fourth-order valence-corrected chi connectivity index (χ4v) is 3.82. The number of carbonyl (C=O) groups excluding carboxylic acids is 4. The SMILES string of the molecule is C=Cc1cccc(C(C(=O)NCCCC)N(C(=O)C(CCC(N)=O)NC(=O)OC(C)(C)C)C2CC2)c1. The molecule has 2 unspecified atom stereocenters. The van der Waals surface area contributed by atoms with Gasteiger partial charge >= 0.3 is 6.09 Å². The van der Waals surface area contributed by atoms with Crippen LogP contribution >= 0.6 is 0 Å². The van der Waals surface area contributed by atoms with Crippen molar-refractivity contribution in [3.8, 4) is 0 Å². The van der Waals surface area contributed by atoms with E-state index in [0.717, 1.165) is 31.2 Å². The van der Waals surface area contributed by atoms with Gasteiger partial charge < -0.3 is 26.0 Å². The van der Waals surface area contributed by atoms with Gasteiger partial charge in [0.15, 0.2) is 0 Å². The number of hydrogen-bond acceptors (Lipinski definition) is 5. The summed E-state index contributed by atoms with van der Waals surface area (Å²) in [7, 11) is 0. The first-order valence-electron chi connectivity index (χ1n) is 12.6. The van der Waals surface area contributed by atoms with Crippen molar-refractivity contribution in [1.29, 1.82) is 0 Å². The molecule has 0 spiro atoms. The highest BCUT2D eigenvalue weighted by molar-refractivity contribution is 5.93. The molecule has 2 rings (SSSR count). The van der Waals surface area contributed by atoms with Crippen molar-refractivity contribution >= 4 is 29.9 Å². The summed E-state index contributed by atoms with van der Waals surface area (Å²) in [5, 5.41) is 5.56. The molecule has 0 saturated heterocycles. The second kappa shape index (κ2) is 13.1. The number of rotatable bonds is 13. The molecule has 9 heteroatoms. The van der Waals surface area contributed by atoms with Crippen LogP contribution in [0, 0.1) is 0 Å². The summed E-state index contributed by atoms with van der Waals surface area (Å²) in [6.45, 7) is 11.5. The normalized spacial score (nSPS) is 14.8. The molecule has 1 aliphatic carbocycles. The summed E-state index contributed by atoms with van der Waals surface area (Å²) < 4.78 is 5.34. The van der Waals surface area contributed by atoms with Crippen molar-refractivity contribution in [2.24, 2.45) is 5.73 Å². The van der Waals surface area contributed by atoms with Gasteiger partial charge in [-0.25, -0.2) is 4.79 Å². The maximum atomic E-state index is 13.9. The van der Waals surface area contributed by atoms with Crippen molar-refractivity contribution in [1.82, 2.24) is 15.5 Å². The van der Waals surface area contributed by atoms with Gasteiger partial charge in [-0.2, -0.15) is 0 Å². The van der Waals surface area contributed by atoms with Gasteiger partial charge in [-0.15, -0.1) is 0 Å². The molecule has 36 heavy (non-hydrogen) atoms. The van der Waals surface area contributed by atoms with Gasteiger partial charge in [0.05, 0.1) is 0 Å². The zero-order valence-corrected chi connectivity index (χ0v) is 21.8. The van der Waals surface area contributed by atoms with Crippen molar-refractivity contribution < 1.29 is 23.9 Å². The number of hydrogen-bond donors (Lipinski definition) is 3. The lowest BCUT2D eigenvalue weighted by Crippen LogP contribution is -2.54. The van der Waals surface area contributed by atoms with Gasteiger partial charge in [-0.05, 0) is 63.6 Å². The van der Waals surface area contributed by atoms with Crippen LogP contribution in [0.25, 0.3) is 6.08 Å². The Morgan fingerprint density at radius 2 is 1.94 bits per heavy atom. The van der Waals surface area contributed by atoms with E-state index >= 15 is 0 Å². The Morgan fingerprint density at radius 3 is 2.50 bits per heavy atom. The molecular weight excluding hydrogens is 460 g/mol. The van der Waals surface area contributed by atoms with E-state index in [2.05, 4.69) is 17.2 Å². The van der Waals surface area contributed by atoms with E-state index in [0.29, 0.717) is 12.1 Å². The molecule has 9 nitrogen and oxygen atoms in total. The number of unbranched alkanes of at least 4 members (excludes halogenated alkanes) is 1. The van der Waals surface area contributed by atoms with E-state index in [1.165, 1.54) is 0 Å². The quantitative estimate of drug-likeness (QED) is 0.357. The number of amides is 4. The van der Waals surface area contributed by atoms with Gasteiger partial charge in [-0.1, -0.05) is 44.2 Å². The first kappa shape index (κ1) is 28.9. The number of primary amides is 1. The zero-order valence-electron chi connectivity index (χ0n) is 21.8. The Bertz CT molecular complexity index is 952. The molecular formula is C27H40N4O5. The van der Waals surface area contributed by atoms with E-state index in [1.54, 1.807) is 37.8 Å². The predicted molar refractivity (Wildman–Crippen MR) is 139 cm³/mol. The minimum Gasteiger partial charge on any atom is -0.444 e. The lowest BCUT2D eigenvalue weighted by atomic mass is 9.99. The Kier molecular flexibility index (Phi) is 10.5. The van der Waals surface area contributed by atoms with Crippen LogP contribution in [0.3, 0.4) is 0 Å². The van der Waals surface area contributed by atoms with Gasteiger partial charge in [0.25, 0.3) is 0 Å². The standard InChI is InChI=1S/C27H40N4O5/c1-6-8-16-29-24(33)23(19-11-9-10-18(7-2)17-19)31(20-12-13-20)25(34)21(14-15-22(28)32)30-26(35)36-27(3,4)5/h7,9-11,17,20-21,23H,2,6,8,12-16H2,1,3-5H3,(H2,28,32)(H,29,33)(H,30,35). The molecule has 0 heterocycles. The van der Waals surface area contributed by atoms with Crippen LogP contribution in [0.15, 0.2) is 30.8 Å². The van der Waals surface area contributed by atoms with E-state index in [9.17, 15) is 19.2 Å². The summed E-state index contributed by atoms with van der Waals surface area (Å²) >= 11 is 0. The largest absolute Gasteiger partial charge is 0.444 e. The Morgan fingerprint density at radius 1 is 1.25 bits per heavy atom. The Balaban J connectivity index is 2.44. The van der Waals surface area contributed by atoms with E-state index in [-0.39, 0.29) is 24.8 Å². The molecule has 1 aromatic carbocycles. The van der Waals surface area contributed by atoms with Gasteiger partial charge in [-0.3, -0.25) is 14.4 Å². The number of benzene rings is 1. The number of nitrogens with zero attached hydrogens (tertiary/aromatic N) is 1. The molecule has 0 radical (unpaired) electrons. The molecule has 198 valence electrons. The topological polar surface area (TPSA) is 131 Å². The summed E-state index contributed by atoms with van der Waals surface area (Å²) in [5.41, 5.74) is 6.03. The molecule has 1 aromatic rings. The molecule has 1 fully saturated rings. The second-order valence-electron chi connectivity index (χ2n) is 10.1. The maximum absolute atomic E-state index is 13.9. The molecule has 0 aromatic heterocycles. The molecule has 4 N–H and O–H groups in total. The summed E-state index contributed by atoms with van der Waals surface area (Å²) in [6, 6.07) is 5.17. The van der Waals surface area contributed by atoms with Crippen molar-refractivity contribution in [2.45, 2.75) is 89.9 Å². The summed E-state index contributed by atoms with van der Waals surface area (Å²) in [6.07, 6.45) is 3.98. The summed E-state index contributed by atoms with van der Waals surface area (Å²) in [5.74, 6) is -1.34. The third kappa shape index (κ3) is 9.02. The Hall–Kier alpha value is -3.36. The summed E-state index contributed by atoms with van der Waals surface area (Å²) in [4.78, 5) is 53.0. The van der Waals surface area contributed by atoms with E-state index in [1.807, 2.05) is 25.1 Å². The van der Waals surface area contributed by atoms with Crippen molar-refractivity contribution in [2.75, 3.05) is 6.54 Å². The van der Waals surface area contributed by atoms with Crippen LogP contribution in [0.4, 0.5) is 4.79 Å². The minimum absolute atomic E-state index is 0.00645. The first-order chi connectivity index (χ1) is 17.0. The van der Waals surface area contributed by atoms with Crippen LogP contribution < -0.4 is 16.4 Å². The number of alkyl carbamates (subject to hydrolysis) is 1. The van der Waals surface area contributed by atoms with Crippen molar-refractivity contribution in [3.63, 3.8) is 0 Å². The number of carbonyl (C=O) groups is 4. The average Bonchev–Trinajstić information content (AvgIpc) is 3.63. The minimum atomic E-state index is -1.08. The highest BCUT2D eigenvalue weighted by Gasteiger charge is 2.44. The van der Waals surface area contributed by atoms with E-state index < -0.39 is 35.6 Å². The van der Waals surface area contributed by atoms with Gasteiger partial charge in [0.2, 0.25) is 17.7 Å². The van der Waals surface area contributed by atoms with Crippen LogP contribution in [0.1, 0.15) is 83.4 Å². The number of nitrogens with one attached hydrogen (secondary N) is 2. The fourth-order valence-electron chi connectivity index (χ4n) is 3.82. The monoisotopic (exact) mass is 500 g/mol. The predicted octanol–water partition coefficient (Wildman–Crippen LogP) is 3.44. The van der Waals surface area contributed by atoms with Crippen LogP contribution in [-0.2, 0) is 19.1 Å². The molecule has 0 bridgehead atoms. The van der Waals surface area contributed by atoms with Crippen LogP contribution in [0.2, 0.25) is 0 Å².